The number of hydrogen-bond donors (Lipinski definition) is 1. The zero-order chi connectivity index (χ0) is 16.0. The minimum atomic E-state index is -4.67. The highest BCUT2D eigenvalue weighted by molar-refractivity contribution is 7.84. The van der Waals surface area contributed by atoms with E-state index >= 15 is 0 Å². The van der Waals surface area contributed by atoms with Crippen LogP contribution in [0.2, 0.25) is 0 Å². The van der Waals surface area contributed by atoms with Gasteiger partial charge >= 0.3 is 6.36 Å². The first-order chi connectivity index (χ1) is 9.69. The van der Waals surface area contributed by atoms with Crippen LogP contribution in [0, 0.1) is 0 Å². The summed E-state index contributed by atoms with van der Waals surface area (Å²) in [4.78, 5) is 0. The largest absolute Gasteiger partial charge is 0.573 e. The van der Waals surface area contributed by atoms with Gasteiger partial charge in [-0.25, -0.2) is 0 Å². The molecule has 0 aliphatic rings. The minimum Gasteiger partial charge on any atom is -0.406 e. The molecule has 1 aromatic rings. The summed E-state index contributed by atoms with van der Waals surface area (Å²) < 4.78 is 51.2. The highest BCUT2D eigenvalue weighted by Crippen LogP contribution is 2.24. The molecule has 3 nitrogen and oxygen atoms in total. The molecule has 120 valence electrons. The maximum atomic E-state index is 12.0. The fraction of sp³-hybridized carbons (Fsp3) is 0.571. The highest BCUT2D eigenvalue weighted by atomic mass is 32.2. The second-order valence-electron chi connectivity index (χ2n) is 4.89. The average Bonchev–Trinajstić information content (AvgIpc) is 2.37. The second-order valence-corrected chi connectivity index (χ2v) is 6.69. The molecule has 0 spiro atoms. The van der Waals surface area contributed by atoms with Crippen molar-refractivity contribution in [3.8, 4) is 5.75 Å². The van der Waals surface area contributed by atoms with Gasteiger partial charge in [-0.3, -0.25) is 4.21 Å². The third kappa shape index (κ3) is 6.95. The van der Waals surface area contributed by atoms with E-state index in [0.29, 0.717) is 6.54 Å². The van der Waals surface area contributed by atoms with Crippen molar-refractivity contribution in [3.63, 3.8) is 0 Å². The Hall–Kier alpha value is -1.08. The molecule has 0 bridgehead atoms. The maximum absolute atomic E-state index is 12.0. The summed E-state index contributed by atoms with van der Waals surface area (Å²) in [6.07, 6.45) is -2.21. The maximum Gasteiger partial charge on any atom is 0.573 e. The van der Waals surface area contributed by atoms with Crippen molar-refractivity contribution < 1.29 is 22.1 Å². The van der Waals surface area contributed by atoms with E-state index in [1.807, 2.05) is 13.8 Å². The zero-order valence-corrected chi connectivity index (χ0v) is 13.1. The molecule has 0 saturated carbocycles. The van der Waals surface area contributed by atoms with E-state index < -0.39 is 17.2 Å². The fourth-order valence-corrected chi connectivity index (χ4v) is 2.19. The van der Waals surface area contributed by atoms with Gasteiger partial charge in [0.1, 0.15) is 5.75 Å². The summed E-state index contributed by atoms with van der Waals surface area (Å²) >= 11 is 0. The standard InChI is InChI=1S/C14H20F3NO2S/c1-10(21(3)19)8-9-18-11(2)12-4-6-13(7-5-12)20-14(15,16)17/h4-7,10-11,18H,8-9H2,1-3H3. The molecular formula is C14H20F3NO2S. The normalized spacial score (nSPS) is 16.3. The Kier molecular flexibility index (Phi) is 6.67. The van der Waals surface area contributed by atoms with Gasteiger partial charge in [-0.05, 0) is 37.6 Å². The molecule has 0 aliphatic carbocycles. The van der Waals surface area contributed by atoms with E-state index in [4.69, 9.17) is 0 Å². The molecule has 3 unspecified atom stereocenters. The van der Waals surface area contributed by atoms with Crippen LogP contribution in [-0.2, 0) is 10.8 Å². The van der Waals surface area contributed by atoms with E-state index in [1.165, 1.54) is 12.1 Å². The number of rotatable bonds is 7. The highest BCUT2D eigenvalue weighted by Gasteiger charge is 2.30. The van der Waals surface area contributed by atoms with Gasteiger partial charge in [0.25, 0.3) is 0 Å². The molecule has 21 heavy (non-hydrogen) atoms. The van der Waals surface area contributed by atoms with E-state index in [-0.39, 0.29) is 17.0 Å². The van der Waals surface area contributed by atoms with E-state index in [1.54, 1.807) is 18.4 Å². The number of alkyl halides is 3. The van der Waals surface area contributed by atoms with Crippen molar-refractivity contribution >= 4 is 10.8 Å². The quantitative estimate of drug-likeness (QED) is 0.836. The SMILES string of the molecule is CC(NCCC(C)S(C)=O)c1ccc(OC(F)(F)F)cc1. The van der Waals surface area contributed by atoms with Crippen molar-refractivity contribution in [1.29, 1.82) is 0 Å². The fourth-order valence-electron chi connectivity index (χ4n) is 1.75. The van der Waals surface area contributed by atoms with Crippen LogP contribution in [0.25, 0.3) is 0 Å². The third-order valence-corrected chi connectivity index (χ3v) is 4.55. The lowest BCUT2D eigenvalue weighted by Crippen LogP contribution is -2.24. The zero-order valence-electron chi connectivity index (χ0n) is 12.2. The minimum absolute atomic E-state index is 0.00225. The summed E-state index contributed by atoms with van der Waals surface area (Å²) in [5.41, 5.74) is 0.870. The van der Waals surface area contributed by atoms with Crippen molar-refractivity contribution in [1.82, 2.24) is 5.32 Å². The molecular weight excluding hydrogens is 303 g/mol. The van der Waals surface area contributed by atoms with Crippen LogP contribution in [-0.4, -0.2) is 28.6 Å². The van der Waals surface area contributed by atoms with E-state index in [0.717, 1.165) is 12.0 Å². The molecule has 0 amide bonds. The molecule has 3 atom stereocenters. The number of benzene rings is 1. The Morgan fingerprint density at radius 3 is 2.29 bits per heavy atom. The van der Waals surface area contributed by atoms with Crippen molar-refractivity contribution in [3.05, 3.63) is 29.8 Å². The topological polar surface area (TPSA) is 38.3 Å². The molecule has 0 fully saturated rings. The number of hydrogen-bond acceptors (Lipinski definition) is 3. The number of ether oxygens (including phenoxy) is 1. The van der Waals surface area contributed by atoms with Gasteiger partial charge < -0.3 is 10.1 Å². The molecule has 0 aliphatic heterocycles. The lowest BCUT2D eigenvalue weighted by Gasteiger charge is -2.16. The smallest absolute Gasteiger partial charge is 0.406 e. The monoisotopic (exact) mass is 323 g/mol. The predicted octanol–water partition coefficient (Wildman–Crippen LogP) is 3.39. The summed E-state index contributed by atoms with van der Waals surface area (Å²) in [6, 6.07) is 5.79. The Morgan fingerprint density at radius 2 is 1.81 bits per heavy atom. The Bertz CT molecular complexity index is 462. The summed E-state index contributed by atoms with van der Waals surface area (Å²) in [6.45, 7) is 4.54. The molecule has 0 heterocycles. The van der Waals surface area contributed by atoms with Crippen LogP contribution < -0.4 is 10.1 Å². The van der Waals surface area contributed by atoms with Crippen molar-refractivity contribution in [2.75, 3.05) is 12.8 Å². The first-order valence-electron chi connectivity index (χ1n) is 6.60. The predicted molar refractivity (Wildman–Crippen MR) is 77.7 cm³/mol. The lowest BCUT2D eigenvalue weighted by atomic mass is 10.1. The molecule has 7 heteroatoms. The van der Waals surface area contributed by atoms with Gasteiger partial charge in [-0.2, -0.15) is 0 Å². The third-order valence-electron chi connectivity index (χ3n) is 3.18. The number of halogens is 3. The molecule has 0 aromatic heterocycles. The number of nitrogens with one attached hydrogen (secondary N) is 1. The van der Waals surface area contributed by atoms with Crippen LogP contribution in [0.5, 0.6) is 5.75 Å². The van der Waals surface area contributed by atoms with Crippen LogP contribution >= 0.6 is 0 Å². The van der Waals surface area contributed by atoms with Gasteiger partial charge in [0.15, 0.2) is 0 Å². The summed E-state index contributed by atoms with van der Waals surface area (Å²) in [5, 5.41) is 3.37. The van der Waals surface area contributed by atoms with Gasteiger partial charge in [-0.1, -0.05) is 19.1 Å². The molecule has 1 N–H and O–H groups in total. The van der Waals surface area contributed by atoms with Gasteiger partial charge in [-0.15, -0.1) is 13.2 Å². The molecule has 1 rings (SSSR count). The van der Waals surface area contributed by atoms with Crippen LogP contribution in [0.15, 0.2) is 24.3 Å². The first-order valence-corrected chi connectivity index (χ1v) is 8.22. The van der Waals surface area contributed by atoms with Gasteiger partial charge in [0.2, 0.25) is 0 Å². The molecule has 0 radical (unpaired) electrons. The summed E-state index contributed by atoms with van der Waals surface area (Å²) in [5.74, 6) is -0.228. The lowest BCUT2D eigenvalue weighted by molar-refractivity contribution is -0.274. The second kappa shape index (κ2) is 7.79. The molecule has 1 aromatic carbocycles. The van der Waals surface area contributed by atoms with Gasteiger partial charge in [0.05, 0.1) is 0 Å². The van der Waals surface area contributed by atoms with E-state index in [9.17, 15) is 17.4 Å². The van der Waals surface area contributed by atoms with Crippen LogP contribution in [0.4, 0.5) is 13.2 Å². The van der Waals surface area contributed by atoms with Crippen molar-refractivity contribution in [2.24, 2.45) is 0 Å². The van der Waals surface area contributed by atoms with Gasteiger partial charge in [0, 0.05) is 28.3 Å². The first kappa shape index (κ1) is 18.0. The van der Waals surface area contributed by atoms with Crippen LogP contribution in [0.1, 0.15) is 31.9 Å². The Labute approximate surface area is 125 Å². The molecule has 0 saturated heterocycles. The van der Waals surface area contributed by atoms with Crippen molar-refractivity contribution in [2.45, 2.75) is 37.9 Å². The van der Waals surface area contributed by atoms with Crippen LogP contribution in [0.3, 0.4) is 0 Å². The summed E-state index contributed by atoms with van der Waals surface area (Å²) in [7, 11) is -0.846. The Balaban J connectivity index is 2.48. The average molecular weight is 323 g/mol. The van der Waals surface area contributed by atoms with E-state index in [2.05, 4.69) is 10.1 Å². The Morgan fingerprint density at radius 1 is 1.24 bits per heavy atom.